The number of likely N-dealkylation sites (tertiary alicyclic amines) is 1. The van der Waals surface area contributed by atoms with Gasteiger partial charge in [-0.05, 0) is 43.9 Å². The van der Waals surface area contributed by atoms with Crippen LogP contribution in [0.3, 0.4) is 0 Å². The van der Waals surface area contributed by atoms with E-state index in [0.29, 0.717) is 44.3 Å². The maximum Gasteiger partial charge on any atom is 0.409 e. The monoisotopic (exact) mass is 403 g/mol. The average Bonchev–Trinajstić information content (AvgIpc) is 2.75. The molecule has 8 nitrogen and oxygen atoms in total. The minimum Gasteiger partial charge on any atom is -0.450 e. The lowest BCUT2D eigenvalue weighted by Crippen LogP contribution is -2.49. The Labute approximate surface area is 173 Å². The maximum atomic E-state index is 12.1. The molecule has 2 amide bonds. The molecular weight excluding hydrogens is 370 g/mol. The van der Waals surface area contributed by atoms with Crippen molar-refractivity contribution < 1.29 is 14.3 Å². The van der Waals surface area contributed by atoms with Gasteiger partial charge in [0, 0.05) is 44.8 Å². The molecule has 1 fully saturated rings. The fourth-order valence-corrected chi connectivity index (χ4v) is 3.16. The Morgan fingerprint density at radius 1 is 1.21 bits per heavy atom. The van der Waals surface area contributed by atoms with Gasteiger partial charge in [0.25, 0.3) is 5.91 Å². The zero-order valence-electron chi connectivity index (χ0n) is 17.7. The molecule has 0 spiro atoms. The van der Waals surface area contributed by atoms with Gasteiger partial charge in [0.15, 0.2) is 5.96 Å². The molecule has 1 aliphatic heterocycles. The average molecular weight is 404 g/mol. The Kier molecular flexibility index (Phi) is 9.27. The van der Waals surface area contributed by atoms with Crippen LogP contribution < -0.4 is 16.0 Å². The number of nitrogens with zero attached hydrogens (tertiary/aromatic N) is 2. The van der Waals surface area contributed by atoms with E-state index in [2.05, 4.69) is 20.9 Å². The van der Waals surface area contributed by atoms with E-state index in [9.17, 15) is 9.59 Å². The molecule has 3 N–H and O–H groups in total. The van der Waals surface area contributed by atoms with Gasteiger partial charge in [-0.3, -0.25) is 9.79 Å². The molecule has 1 saturated heterocycles. The lowest BCUT2D eigenvalue weighted by molar-refractivity contribution is 0.0949. The minimum absolute atomic E-state index is 0.0513. The predicted molar refractivity (Wildman–Crippen MR) is 114 cm³/mol. The molecule has 29 heavy (non-hydrogen) atoms. The van der Waals surface area contributed by atoms with Gasteiger partial charge >= 0.3 is 6.09 Å². The normalized spacial score (nSPS) is 15.0. The van der Waals surface area contributed by atoms with Crippen molar-refractivity contribution in [1.82, 2.24) is 20.9 Å². The zero-order chi connectivity index (χ0) is 21.1. The summed E-state index contributed by atoms with van der Waals surface area (Å²) in [5.74, 6) is 0.657. The van der Waals surface area contributed by atoms with Crippen LogP contribution in [0, 0.1) is 0 Å². The molecule has 1 aromatic carbocycles. The number of piperidine rings is 1. The van der Waals surface area contributed by atoms with E-state index in [0.717, 1.165) is 24.8 Å². The molecule has 0 aliphatic carbocycles. The van der Waals surface area contributed by atoms with Crippen LogP contribution in [0.25, 0.3) is 0 Å². The summed E-state index contributed by atoms with van der Waals surface area (Å²) in [6.07, 6.45) is 2.35. The highest BCUT2D eigenvalue weighted by atomic mass is 16.6. The van der Waals surface area contributed by atoms with Crippen LogP contribution in [0.5, 0.6) is 0 Å². The van der Waals surface area contributed by atoms with Gasteiger partial charge in [0.2, 0.25) is 0 Å². The fourth-order valence-electron chi connectivity index (χ4n) is 3.16. The molecule has 1 heterocycles. The van der Waals surface area contributed by atoms with Crippen LogP contribution in [-0.4, -0.2) is 62.2 Å². The number of ether oxygens (including phenoxy) is 1. The van der Waals surface area contributed by atoms with E-state index in [-0.39, 0.29) is 18.0 Å². The number of hydrogen-bond donors (Lipinski definition) is 3. The van der Waals surface area contributed by atoms with E-state index >= 15 is 0 Å². The van der Waals surface area contributed by atoms with Crippen LogP contribution >= 0.6 is 0 Å². The summed E-state index contributed by atoms with van der Waals surface area (Å²) in [6, 6.07) is 7.83. The smallest absolute Gasteiger partial charge is 0.409 e. The number of hydrogen-bond acceptors (Lipinski definition) is 4. The number of amides is 2. The van der Waals surface area contributed by atoms with E-state index in [1.165, 1.54) is 0 Å². The molecule has 0 bridgehead atoms. The van der Waals surface area contributed by atoms with Gasteiger partial charge in [-0.1, -0.05) is 19.1 Å². The summed E-state index contributed by atoms with van der Waals surface area (Å²) in [6.45, 7) is 6.82. The Balaban J connectivity index is 1.81. The second kappa shape index (κ2) is 11.9. The Hall–Kier alpha value is -2.77. The number of carbonyl (C=O) groups excluding carboxylic acids is 2. The number of rotatable bonds is 7. The lowest BCUT2D eigenvalue weighted by atomic mass is 10.1. The number of nitrogens with one attached hydrogen (secondary N) is 3. The molecule has 0 unspecified atom stereocenters. The van der Waals surface area contributed by atoms with Crippen LogP contribution in [0.4, 0.5) is 4.79 Å². The third kappa shape index (κ3) is 7.29. The van der Waals surface area contributed by atoms with Gasteiger partial charge in [-0.2, -0.15) is 0 Å². The van der Waals surface area contributed by atoms with Crippen molar-refractivity contribution in [2.45, 2.75) is 45.7 Å². The van der Waals surface area contributed by atoms with Gasteiger partial charge in [0.1, 0.15) is 0 Å². The molecule has 0 radical (unpaired) electrons. The van der Waals surface area contributed by atoms with Crippen molar-refractivity contribution in [1.29, 1.82) is 0 Å². The number of guanidine groups is 1. The quantitative estimate of drug-likeness (QED) is 0.479. The highest BCUT2D eigenvalue weighted by molar-refractivity contribution is 5.94. The molecule has 8 heteroatoms. The molecule has 1 aliphatic rings. The first-order valence-corrected chi connectivity index (χ1v) is 10.3. The summed E-state index contributed by atoms with van der Waals surface area (Å²) < 4.78 is 5.06. The van der Waals surface area contributed by atoms with Crippen LogP contribution in [0.2, 0.25) is 0 Å². The van der Waals surface area contributed by atoms with E-state index < -0.39 is 0 Å². The third-order valence-electron chi connectivity index (χ3n) is 4.77. The summed E-state index contributed by atoms with van der Waals surface area (Å²) in [4.78, 5) is 30.0. The van der Waals surface area contributed by atoms with Gasteiger partial charge < -0.3 is 25.6 Å². The van der Waals surface area contributed by atoms with Crippen molar-refractivity contribution in [2.75, 3.05) is 33.3 Å². The Morgan fingerprint density at radius 2 is 1.97 bits per heavy atom. The van der Waals surface area contributed by atoms with E-state index in [1.807, 2.05) is 38.1 Å². The van der Waals surface area contributed by atoms with Crippen molar-refractivity contribution in [3.63, 3.8) is 0 Å². The van der Waals surface area contributed by atoms with Gasteiger partial charge in [-0.15, -0.1) is 0 Å². The highest BCUT2D eigenvalue weighted by Gasteiger charge is 2.24. The van der Waals surface area contributed by atoms with E-state index in [4.69, 9.17) is 4.74 Å². The van der Waals surface area contributed by atoms with Crippen molar-refractivity contribution >= 4 is 18.0 Å². The third-order valence-corrected chi connectivity index (χ3v) is 4.77. The van der Waals surface area contributed by atoms with Crippen molar-refractivity contribution in [3.8, 4) is 0 Å². The van der Waals surface area contributed by atoms with Crippen LogP contribution in [0.15, 0.2) is 29.3 Å². The molecule has 0 saturated carbocycles. The second-order valence-electron chi connectivity index (χ2n) is 6.99. The largest absolute Gasteiger partial charge is 0.450 e. The first kappa shape index (κ1) is 22.5. The van der Waals surface area contributed by atoms with Crippen molar-refractivity contribution in [2.24, 2.45) is 4.99 Å². The molecule has 1 aromatic rings. The number of carbonyl (C=O) groups is 2. The Bertz CT molecular complexity index is 699. The maximum absolute atomic E-state index is 12.1. The predicted octanol–water partition coefficient (Wildman–Crippen LogP) is 2.11. The minimum atomic E-state index is -0.240. The molecule has 2 rings (SSSR count). The SMILES string of the molecule is CCCNC(=O)c1cccc(CNC(=NC)NC2CCN(C(=O)OCC)CC2)c1. The molecule has 0 aromatic heterocycles. The lowest BCUT2D eigenvalue weighted by Gasteiger charge is -2.32. The molecular formula is C21H33N5O3. The number of benzene rings is 1. The van der Waals surface area contributed by atoms with Crippen LogP contribution in [-0.2, 0) is 11.3 Å². The topological polar surface area (TPSA) is 95.1 Å². The summed E-state index contributed by atoms with van der Waals surface area (Å²) in [5, 5.41) is 9.61. The van der Waals surface area contributed by atoms with Gasteiger partial charge in [0.05, 0.1) is 6.61 Å². The standard InChI is InChI=1S/C21H33N5O3/c1-4-11-23-19(27)17-8-6-7-16(14-17)15-24-20(22-3)25-18-9-12-26(13-10-18)21(28)29-5-2/h6-8,14,18H,4-5,9-13,15H2,1-3H3,(H,23,27)(H2,22,24,25). The van der Waals surface area contributed by atoms with Crippen molar-refractivity contribution in [3.05, 3.63) is 35.4 Å². The second-order valence-corrected chi connectivity index (χ2v) is 6.99. The first-order chi connectivity index (χ1) is 14.1. The van der Waals surface area contributed by atoms with Gasteiger partial charge in [-0.25, -0.2) is 4.79 Å². The summed E-state index contributed by atoms with van der Waals surface area (Å²) >= 11 is 0. The molecule has 160 valence electrons. The molecule has 0 atom stereocenters. The first-order valence-electron chi connectivity index (χ1n) is 10.3. The fraction of sp³-hybridized carbons (Fsp3) is 0.571. The number of aliphatic imine (C=N–C) groups is 1. The highest BCUT2D eigenvalue weighted by Crippen LogP contribution is 2.11. The van der Waals surface area contributed by atoms with E-state index in [1.54, 1.807) is 11.9 Å². The zero-order valence-corrected chi connectivity index (χ0v) is 17.7. The Morgan fingerprint density at radius 3 is 2.62 bits per heavy atom. The summed E-state index contributed by atoms with van der Waals surface area (Å²) in [7, 11) is 1.73. The summed E-state index contributed by atoms with van der Waals surface area (Å²) in [5.41, 5.74) is 1.67. The van der Waals surface area contributed by atoms with Crippen LogP contribution in [0.1, 0.15) is 49.0 Å².